The number of para-hydroxylation sites is 2. The van der Waals surface area contributed by atoms with Crippen molar-refractivity contribution < 1.29 is 19.1 Å². The molecule has 25 heavy (non-hydrogen) atoms. The van der Waals surface area contributed by atoms with Crippen LogP contribution in [0.3, 0.4) is 0 Å². The third-order valence-electron chi connectivity index (χ3n) is 3.32. The number of nitrogens with one attached hydrogen (secondary N) is 2. The Morgan fingerprint density at radius 1 is 0.920 bits per heavy atom. The van der Waals surface area contributed by atoms with Crippen molar-refractivity contribution in [1.29, 1.82) is 0 Å². The van der Waals surface area contributed by atoms with Crippen molar-refractivity contribution in [2.75, 3.05) is 13.2 Å². The summed E-state index contributed by atoms with van der Waals surface area (Å²) in [6.07, 6.45) is 1.91. The monoisotopic (exact) mass is 342 g/mol. The molecule has 0 aromatic heterocycles. The number of ether oxygens (including phenoxy) is 2. The van der Waals surface area contributed by atoms with Crippen LogP contribution in [0.4, 0.5) is 0 Å². The Balaban J connectivity index is 1.82. The molecule has 0 aliphatic rings. The Morgan fingerprint density at radius 3 is 2.40 bits per heavy atom. The zero-order valence-corrected chi connectivity index (χ0v) is 14.2. The molecular formula is C19H22N2O4. The summed E-state index contributed by atoms with van der Waals surface area (Å²) >= 11 is 0. The van der Waals surface area contributed by atoms with E-state index in [2.05, 4.69) is 17.8 Å². The van der Waals surface area contributed by atoms with Gasteiger partial charge in [-0.1, -0.05) is 43.7 Å². The Bertz CT molecular complexity index is 689. The van der Waals surface area contributed by atoms with Gasteiger partial charge in [0.25, 0.3) is 11.8 Å². The molecule has 0 radical (unpaired) electrons. The number of hydrogen-bond donors (Lipinski definition) is 2. The second-order valence-electron chi connectivity index (χ2n) is 5.30. The number of benzene rings is 2. The van der Waals surface area contributed by atoms with E-state index in [1.54, 1.807) is 36.4 Å². The van der Waals surface area contributed by atoms with Crippen LogP contribution < -0.4 is 20.3 Å². The number of amides is 2. The van der Waals surface area contributed by atoms with Crippen LogP contribution >= 0.6 is 0 Å². The summed E-state index contributed by atoms with van der Waals surface area (Å²) in [5.41, 5.74) is 5.06. The quantitative estimate of drug-likeness (QED) is 0.571. The molecule has 6 nitrogen and oxygen atoms in total. The summed E-state index contributed by atoms with van der Waals surface area (Å²) in [6.45, 7) is 2.41. The Hall–Kier alpha value is -3.02. The minimum atomic E-state index is -0.457. The maximum absolute atomic E-state index is 12.2. The first kappa shape index (κ1) is 18.3. The van der Waals surface area contributed by atoms with Gasteiger partial charge in [0.15, 0.2) is 6.61 Å². The van der Waals surface area contributed by atoms with Crippen LogP contribution in [0.15, 0.2) is 54.6 Å². The lowest BCUT2D eigenvalue weighted by Gasteiger charge is -2.12. The number of carbonyl (C=O) groups is 2. The molecule has 6 heteroatoms. The number of unbranched alkanes of at least 4 members (excludes halogenated alkanes) is 1. The topological polar surface area (TPSA) is 76.7 Å². The van der Waals surface area contributed by atoms with Crippen LogP contribution in [0.5, 0.6) is 11.5 Å². The molecule has 0 unspecified atom stereocenters. The first-order chi connectivity index (χ1) is 12.2. The smallest absolute Gasteiger partial charge is 0.276 e. The van der Waals surface area contributed by atoms with E-state index in [1.807, 2.05) is 18.2 Å². The molecule has 2 rings (SSSR count). The van der Waals surface area contributed by atoms with E-state index in [9.17, 15) is 9.59 Å². The molecule has 2 N–H and O–H groups in total. The predicted molar refractivity (Wildman–Crippen MR) is 94.4 cm³/mol. The van der Waals surface area contributed by atoms with Crippen molar-refractivity contribution in [3.8, 4) is 11.5 Å². The lowest BCUT2D eigenvalue weighted by Crippen LogP contribution is -2.43. The molecule has 0 atom stereocenters. The van der Waals surface area contributed by atoms with Crippen LogP contribution in [0, 0.1) is 0 Å². The third-order valence-corrected chi connectivity index (χ3v) is 3.32. The van der Waals surface area contributed by atoms with Crippen LogP contribution in [-0.4, -0.2) is 25.0 Å². The summed E-state index contributed by atoms with van der Waals surface area (Å²) in [7, 11) is 0. The normalized spacial score (nSPS) is 9.96. The van der Waals surface area contributed by atoms with Gasteiger partial charge in [0, 0.05) is 0 Å². The van der Waals surface area contributed by atoms with Crippen LogP contribution in [0.25, 0.3) is 0 Å². The molecule has 0 saturated carbocycles. The van der Waals surface area contributed by atoms with Crippen molar-refractivity contribution in [2.24, 2.45) is 0 Å². The molecule has 0 bridgehead atoms. The first-order valence-corrected chi connectivity index (χ1v) is 8.19. The Morgan fingerprint density at radius 2 is 1.64 bits per heavy atom. The summed E-state index contributed by atoms with van der Waals surface area (Å²) in [5.74, 6) is 0.170. The zero-order valence-electron chi connectivity index (χ0n) is 14.2. The molecule has 2 aromatic carbocycles. The highest BCUT2D eigenvalue weighted by atomic mass is 16.5. The molecule has 0 aliphatic heterocycles. The van der Waals surface area contributed by atoms with Crippen molar-refractivity contribution in [3.05, 3.63) is 60.2 Å². The van der Waals surface area contributed by atoms with Crippen LogP contribution in [0.1, 0.15) is 30.1 Å². The number of rotatable bonds is 8. The highest BCUT2D eigenvalue weighted by molar-refractivity contribution is 5.97. The van der Waals surface area contributed by atoms with E-state index in [0.717, 1.165) is 12.8 Å². The second-order valence-corrected chi connectivity index (χ2v) is 5.30. The van der Waals surface area contributed by atoms with Crippen molar-refractivity contribution in [2.45, 2.75) is 19.8 Å². The van der Waals surface area contributed by atoms with Crippen molar-refractivity contribution in [1.82, 2.24) is 10.9 Å². The van der Waals surface area contributed by atoms with Crippen molar-refractivity contribution in [3.63, 3.8) is 0 Å². The molecular weight excluding hydrogens is 320 g/mol. The fraction of sp³-hybridized carbons (Fsp3) is 0.263. The van der Waals surface area contributed by atoms with Gasteiger partial charge in [-0.2, -0.15) is 0 Å². The van der Waals surface area contributed by atoms with E-state index in [-0.39, 0.29) is 6.61 Å². The van der Waals surface area contributed by atoms with Gasteiger partial charge >= 0.3 is 0 Å². The fourth-order valence-corrected chi connectivity index (χ4v) is 2.00. The van der Waals surface area contributed by atoms with Crippen LogP contribution in [-0.2, 0) is 4.79 Å². The largest absolute Gasteiger partial charge is 0.493 e. The van der Waals surface area contributed by atoms with Gasteiger partial charge in [-0.25, -0.2) is 0 Å². The van der Waals surface area contributed by atoms with Gasteiger partial charge in [0.05, 0.1) is 12.2 Å². The zero-order chi connectivity index (χ0) is 17.9. The molecule has 2 amide bonds. The molecule has 0 saturated heterocycles. The van der Waals surface area contributed by atoms with E-state index < -0.39 is 11.8 Å². The summed E-state index contributed by atoms with van der Waals surface area (Å²) in [5, 5.41) is 0. The lowest BCUT2D eigenvalue weighted by atomic mass is 10.2. The maximum Gasteiger partial charge on any atom is 0.276 e. The number of hydrazine groups is 1. The van der Waals surface area contributed by atoms with E-state index >= 15 is 0 Å². The van der Waals surface area contributed by atoms with Gasteiger partial charge in [-0.3, -0.25) is 20.4 Å². The molecule has 0 fully saturated rings. The summed E-state index contributed by atoms with van der Waals surface area (Å²) in [4.78, 5) is 24.0. The van der Waals surface area contributed by atoms with Crippen molar-refractivity contribution >= 4 is 11.8 Å². The molecule has 0 aliphatic carbocycles. The van der Waals surface area contributed by atoms with E-state index in [4.69, 9.17) is 9.47 Å². The first-order valence-electron chi connectivity index (χ1n) is 8.19. The van der Waals surface area contributed by atoms with Gasteiger partial charge in [0.2, 0.25) is 0 Å². The SMILES string of the molecule is CCCCOc1ccccc1C(=O)NNC(=O)COc1ccccc1. The second kappa shape index (κ2) is 9.97. The Kier molecular flexibility index (Phi) is 7.31. The molecule has 0 heterocycles. The predicted octanol–water partition coefficient (Wildman–Crippen LogP) is 2.71. The summed E-state index contributed by atoms with van der Waals surface area (Å²) < 4.78 is 10.9. The third kappa shape index (κ3) is 6.18. The lowest BCUT2D eigenvalue weighted by molar-refractivity contribution is -0.123. The molecule has 132 valence electrons. The Labute approximate surface area is 147 Å². The van der Waals surface area contributed by atoms with Gasteiger partial charge in [-0.15, -0.1) is 0 Å². The minimum Gasteiger partial charge on any atom is -0.493 e. The average Bonchev–Trinajstić information content (AvgIpc) is 2.66. The summed E-state index contributed by atoms with van der Waals surface area (Å²) in [6, 6.07) is 15.9. The number of carbonyl (C=O) groups excluding carboxylic acids is 2. The average molecular weight is 342 g/mol. The van der Waals surface area contributed by atoms with Crippen LogP contribution in [0.2, 0.25) is 0 Å². The van der Waals surface area contributed by atoms with Gasteiger partial charge in [0.1, 0.15) is 11.5 Å². The molecule has 0 spiro atoms. The molecule has 2 aromatic rings. The minimum absolute atomic E-state index is 0.195. The van der Waals surface area contributed by atoms with Gasteiger partial charge < -0.3 is 9.47 Å². The highest BCUT2D eigenvalue weighted by Gasteiger charge is 2.13. The van der Waals surface area contributed by atoms with E-state index in [0.29, 0.717) is 23.7 Å². The maximum atomic E-state index is 12.2. The standard InChI is InChI=1S/C19H22N2O4/c1-2-3-13-24-17-12-8-7-11-16(17)19(23)21-20-18(22)14-25-15-9-5-4-6-10-15/h4-12H,2-3,13-14H2,1H3,(H,20,22)(H,21,23). The highest BCUT2D eigenvalue weighted by Crippen LogP contribution is 2.18. The fourth-order valence-electron chi connectivity index (χ4n) is 2.00. The van der Waals surface area contributed by atoms with E-state index in [1.165, 1.54) is 0 Å². The van der Waals surface area contributed by atoms with Gasteiger partial charge in [-0.05, 0) is 30.7 Å². The number of hydrogen-bond acceptors (Lipinski definition) is 4.